The third-order valence-corrected chi connectivity index (χ3v) is 2.93. The third kappa shape index (κ3) is 3.11. The first-order chi connectivity index (χ1) is 9.36. The van der Waals surface area contributed by atoms with Crippen LogP contribution in [0.5, 0.6) is 0 Å². The molecular weight excluding hydrogens is 272 g/mol. The highest BCUT2D eigenvalue weighted by Crippen LogP contribution is 2.16. The Morgan fingerprint density at radius 1 is 1.25 bits per heavy atom. The molecule has 1 fully saturated rings. The van der Waals surface area contributed by atoms with Crippen LogP contribution in [-0.2, 0) is 9.53 Å². The van der Waals surface area contributed by atoms with Crippen LogP contribution in [-0.4, -0.2) is 47.2 Å². The number of morpholine rings is 1. The second-order valence-corrected chi connectivity index (χ2v) is 4.64. The number of halogens is 2. The van der Waals surface area contributed by atoms with Crippen molar-refractivity contribution in [2.45, 2.75) is 19.1 Å². The monoisotopic (exact) mass is 285 g/mol. The molecule has 1 amide bonds. The molecule has 1 aliphatic heterocycles. The molecule has 0 spiro atoms. The van der Waals surface area contributed by atoms with Gasteiger partial charge in [-0.15, -0.1) is 0 Å². The van der Waals surface area contributed by atoms with Crippen molar-refractivity contribution in [2.24, 2.45) is 0 Å². The summed E-state index contributed by atoms with van der Waals surface area (Å²) in [6, 6.07) is 2.50. The zero-order valence-corrected chi connectivity index (χ0v) is 10.7. The average molecular weight is 285 g/mol. The number of hydrogen-bond donors (Lipinski definition) is 1. The Kier molecular flexibility index (Phi) is 3.99. The third-order valence-electron chi connectivity index (χ3n) is 2.93. The Bertz CT molecular complexity index is 529. The van der Waals surface area contributed by atoms with Crippen LogP contribution in [0.15, 0.2) is 18.2 Å². The molecule has 1 N–H and O–H groups in total. The predicted molar refractivity (Wildman–Crippen MR) is 64.2 cm³/mol. The number of hydrogen-bond acceptors (Lipinski definition) is 3. The molecule has 0 bridgehead atoms. The van der Waals surface area contributed by atoms with Gasteiger partial charge >= 0.3 is 5.97 Å². The molecule has 1 aromatic rings. The first-order valence-electron chi connectivity index (χ1n) is 6.00. The van der Waals surface area contributed by atoms with Crippen LogP contribution in [0.4, 0.5) is 8.78 Å². The van der Waals surface area contributed by atoms with Crippen molar-refractivity contribution >= 4 is 11.9 Å². The molecule has 2 rings (SSSR count). The second kappa shape index (κ2) is 5.54. The van der Waals surface area contributed by atoms with Gasteiger partial charge in [0.2, 0.25) is 0 Å². The highest BCUT2D eigenvalue weighted by atomic mass is 19.1. The van der Waals surface area contributed by atoms with Gasteiger partial charge in [0.15, 0.2) is 6.10 Å². The topological polar surface area (TPSA) is 66.8 Å². The number of amides is 1. The second-order valence-electron chi connectivity index (χ2n) is 4.64. The fourth-order valence-corrected chi connectivity index (χ4v) is 2.11. The van der Waals surface area contributed by atoms with Crippen molar-refractivity contribution in [3.05, 3.63) is 35.4 Å². The lowest BCUT2D eigenvalue weighted by Gasteiger charge is -2.35. The van der Waals surface area contributed by atoms with Gasteiger partial charge in [0.1, 0.15) is 11.6 Å². The summed E-state index contributed by atoms with van der Waals surface area (Å²) in [5.41, 5.74) is -0.152. The number of aliphatic carboxylic acids is 1. The van der Waals surface area contributed by atoms with Crippen LogP contribution in [0, 0.1) is 11.6 Å². The molecule has 1 saturated heterocycles. The lowest BCUT2D eigenvalue weighted by atomic mass is 10.1. The van der Waals surface area contributed by atoms with E-state index in [0.29, 0.717) is 6.07 Å². The molecule has 1 aliphatic rings. The lowest BCUT2D eigenvalue weighted by Crippen LogP contribution is -2.51. The number of carboxylic acid groups (broad SMARTS) is 1. The molecule has 1 heterocycles. The molecule has 5 nitrogen and oxygen atoms in total. The lowest BCUT2D eigenvalue weighted by molar-refractivity contribution is -0.160. The summed E-state index contributed by atoms with van der Waals surface area (Å²) in [7, 11) is 0. The minimum Gasteiger partial charge on any atom is -0.479 e. The molecule has 7 heteroatoms. The highest BCUT2D eigenvalue weighted by Gasteiger charge is 2.33. The van der Waals surface area contributed by atoms with Crippen molar-refractivity contribution in [2.75, 3.05) is 13.1 Å². The van der Waals surface area contributed by atoms with Crippen LogP contribution in [0.2, 0.25) is 0 Å². The van der Waals surface area contributed by atoms with E-state index >= 15 is 0 Å². The molecule has 0 radical (unpaired) electrons. The zero-order chi connectivity index (χ0) is 14.9. The van der Waals surface area contributed by atoms with E-state index in [0.717, 1.165) is 12.1 Å². The van der Waals surface area contributed by atoms with Gasteiger partial charge in [0.25, 0.3) is 5.91 Å². The molecule has 1 aromatic carbocycles. The maximum Gasteiger partial charge on any atom is 0.334 e. The van der Waals surface area contributed by atoms with Gasteiger partial charge in [-0.2, -0.15) is 0 Å². The average Bonchev–Trinajstić information content (AvgIpc) is 2.35. The molecule has 2 atom stereocenters. The molecule has 1 unspecified atom stereocenters. The van der Waals surface area contributed by atoms with E-state index in [1.165, 1.54) is 4.90 Å². The van der Waals surface area contributed by atoms with E-state index in [-0.39, 0.29) is 18.7 Å². The van der Waals surface area contributed by atoms with Gasteiger partial charge in [-0.25, -0.2) is 13.6 Å². The maximum atomic E-state index is 13.1. The van der Waals surface area contributed by atoms with E-state index in [4.69, 9.17) is 9.84 Å². The number of nitrogens with zero attached hydrogens (tertiary/aromatic N) is 1. The normalized spacial score (nSPS) is 22.6. The smallest absolute Gasteiger partial charge is 0.334 e. The summed E-state index contributed by atoms with van der Waals surface area (Å²) < 4.78 is 31.4. The first-order valence-corrected chi connectivity index (χ1v) is 6.00. The Morgan fingerprint density at radius 3 is 2.40 bits per heavy atom. The summed E-state index contributed by atoms with van der Waals surface area (Å²) in [6.45, 7) is 1.64. The number of ether oxygens (including phenoxy) is 1. The summed E-state index contributed by atoms with van der Waals surface area (Å²) in [5, 5.41) is 8.93. The molecule has 0 saturated carbocycles. The molecule has 20 heavy (non-hydrogen) atoms. The van der Waals surface area contributed by atoms with Crippen molar-refractivity contribution in [1.29, 1.82) is 0 Å². The minimum atomic E-state index is -1.18. The van der Waals surface area contributed by atoms with Gasteiger partial charge in [-0.1, -0.05) is 0 Å². The van der Waals surface area contributed by atoms with Crippen molar-refractivity contribution in [3.63, 3.8) is 0 Å². The molecule has 0 aromatic heterocycles. The van der Waals surface area contributed by atoms with Crippen molar-refractivity contribution in [3.8, 4) is 0 Å². The number of carboxylic acids is 1. The number of carbonyl (C=O) groups excluding carboxylic acids is 1. The van der Waals surface area contributed by atoms with E-state index in [2.05, 4.69) is 0 Å². The van der Waals surface area contributed by atoms with Gasteiger partial charge in [-0.3, -0.25) is 4.79 Å². The Morgan fingerprint density at radius 2 is 1.85 bits per heavy atom. The van der Waals surface area contributed by atoms with Crippen LogP contribution in [0.25, 0.3) is 0 Å². The predicted octanol–water partition coefficient (Wildman–Crippen LogP) is 1.28. The summed E-state index contributed by atoms with van der Waals surface area (Å²) >= 11 is 0. The number of rotatable bonds is 2. The largest absolute Gasteiger partial charge is 0.479 e. The minimum absolute atomic E-state index is 0.152. The first kappa shape index (κ1) is 14.4. The number of carbonyl (C=O) groups is 2. The van der Waals surface area contributed by atoms with Crippen molar-refractivity contribution in [1.82, 2.24) is 4.90 Å². The Hall–Kier alpha value is -2.02. The van der Waals surface area contributed by atoms with Crippen LogP contribution in [0.1, 0.15) is 17.3 Å². The van der Waals surface area contributed by atoms with Crippen LogP contribution < -0.4 is 0 Å². The zero-order valence-electron chi connectivity index (χ0n) is 10.7. The van der Waals surface area contributed by atoms with E-state index in [9.17, 15) is 18.4 Å². The maximum absolute atomic E-state index is 13.1. The summed E-state index contributed by atoms with van der Waals surface area (Å²) in [6.07, 6.45) is -1.60. The standard InChI is InChI=1S/C13H13F2NO4/c1-7-5-16(6-11(20-7)13(18)19)12(17)8-2-9(14)4-10(15)3-8/h2-4,7,11H,5-6H2,1H3,(H,18,19)/t7-,11?/m1/s1. The van der Waals surface area contributed by atoms with Gasteiger partial charge in [-0.05, 0) is 19.1 Å². The highest BCUT2D eigenvalue weighted by molar-refractivity contribution is 5.94. The molecule has 0 aliphatic carbocycles. The van der Waals surface area contributed by atoms with Gasteiger partial charge in [0, 0.05) is 18.2 Å². The fraction of sp³-hybridized carbons (Fsp3) is 0.385. The molecular formula is C13H13F2NO4. The Labute approximate surface area is 113 Å². The quantitative estimate of drug-likeness (QED) is 0.889. The summed E-state index contributed by atoms with van der Waals surface area (Å²) in [4.78, 5) is 24.3. The fourth-order valence-electron chi connectivity index (χ4n) is 2.11. The van der Waals surface area contributed by atoms with Gasteiger partial charge in [0.05, 0.1) is 12.6 Å². The van der Waals surface area contributed by atoms with Crippen molar-refractivity contribution < 1.29 is 28.2 Å². The Balaban J connectivity index is 2.21. The van der Waals surface area contributed by atoms with Crippen LogP contribution >= 0.6 is 0 Å². The van der Waals surface area contributed by atoms with Crippen LogP contribution in [0.3, 0.4) is 0 Å². The number of benzene rings is 1. The molecule has 108 valence electrons. The SMILES string of the molecule is C[C@@H]1CN(C(=O)c2cc(F)cc(F)c2)CC(C(=O)O)O1. The summed E-state index contributed by atoms with van der Waals surface area (Å²) in [5.74, 6) is -3.52. The van der Waals surface area contributed by atoms with E-state index < -0.39 is 35.7 Å². The van der Waals surface area contributed by atoms with E-state index in [1.54, 1.807) is 6.92 Å². The van der Waals surface area contributed by atoms with E-state index in [1.807, 2.05) is 0 Å². The van der Waals surface area contributed by atoms with Gasteiger partial charge < -0.3 is 14.7 Å².